The molecule has 1 aromatic rings. The number of aliphatic imine (C=N–C) groups is 1. The smallest absolute Gasteiger partial charge is 0.335 e. The van der Waals surface area contributed by atoms with E-state index in [0.717, 1.165) is 4.47 Å². The number of rotatable bonds is 3. The van der Waals surface area contributed by atoms with Crippen molar-refractivity contribution in [3.05, 3.63) is 34.3 Å². The molecule has 0 radical (unpaired) electrons. The lowest BCUT2D eigenvalue weighted by atomic mass is 10.1. The van der Waals surface area contributed by atoms with Gasteiger partial charge in [-0.15, -0.1) is 0 Å². The highest BCUT2D eigenvalue weighted by Gasteiger charge is 2.22. The van der Waals surface area contributed by atoms with Gasteiger partial charge in [0.2, 0.25) is 0 Å². The number of carbonyl (C=O) groups is 1. The number of ether oxygens (including phenoxy) is 1. The molecule has 1 atom stereocenters. The number of esters is 1. The predicted molar refractivity (Wildman–Crippen MR) is 64.7 cm³/mol. The third-order valence-electron chi connectivity index (χ3n) is 1.90. The normalized spacial score (nSPS) is 11.6. The van der Waals surface area contributed by atoms with Crippen molar-refractivity contribution in [2.75, 3.05) is 7.11 Å². The first-order valence-corrected chi connectivity index (χ1v) is 5.26. The molecule has 1 unspecified atom stereocenters. The summed E-state index contributed by atoms with van der Waals surface area (Å²) < 4.78 is 5.39. The molecule has 6 heteroatoms. The quantitative estimate of drug-likeness (QED) is 0.491. The minimum absolute atomic E-state index is 0.161. The molecule has 0 aromatic heterocycles. The molecule has 0 saturated carbocycles. The van der Waals surface area contributed by atoms with Gasteiger partial charge in [-0.25, -0.2) is 9.79 Å². The molecule has 1 rings (SSSR count). The Kier molecular flexibility index (Phi) is 4.30. The van der Waals surface area contributed by atoms with Gasteiger partial charge in [0, 0.05) is 10.0 Å². The molecule has 5 nitrogen and oxygen atoms in total. The number of guanidine groups is 1. The van der Waals surface area contributed by atoms with Gasteiger partial charge in [-0.1, -0.05) is 34.1 Å². The van der Waals surface area contributed by atoms with Gasteiger partial charge in [0.05, 0.1) is 7.11 Å². The highest BCUT2D eigenvalue weighted by Crippen LogP contribution is 2.26. The Bertz CT molecular complexity index is 416. The van der Waals surface area contributed by atoms with Crippen molar-refractivity contribution in [2.24, 2.45) is 16.5 Å². The molecule has 0 bridgehead atoms. The van der Waals surface area contributed by atoms with Crippen LogP contribution in [0.4, 0.5) is 0 Å². The second-order valence-electron chi connectivity index (χ2n) is 3.00. The van der Waals surface area contributed by atoms with Gasteiger partial charge in [-0.2, -0.15) is 0 Å². The fourth-order valence-corrected chi connectivity index (χ4v) is 1.71. The SMILES string of the molecule is COC(=O)C(N=C(N)N)c1ccccc1Br. The number of nitrogens with zero attached hydrogens (tertiary/aromatic N) is 1. The highest BCUT2D eigenvalue weighted by molar-refractivity contribution is 9.10. The van der Waals surface area contributed by atoms with E-state index < -0.39 is 12.0 Å². The maximum absolute atomic E-state index is 11.5. The number of nitrogens with two attached hydrogens (primary N) is 2. The number of hydrogen-bond donors (Lipinski definition) is 2. The first-order valence-electron chi connectivity index (χ1n) is 4.47. The monoisotopic (exact) mass is 285 g/mol. The standard InChI is InChI=1S/C10H12BrN3O2/c1-16-9(15)8(14-10(12)13)6-4-2-3-5-7(6)11/h2-5,8H,1H3,(H4,12,13,14). The molecule has 0 aliphatic carbocycles. The van der Waals surface area contributed by atoms with Crippen LogP contribution in [0.5, 0.6) is 0 Å². The molecule has 0 spiro atoms. The van der Waals surface area contributed by atoms with Crippen LogP contribution in [-0.2, 0) is 9.53 Å². The summed E-state index contributed by atoms with van der Waals surface area (Å²) in [5, 5.41) is 0. The van der Waals surface area contributed by atoms with Crippen LogP contribution in [0.25, 0.3) is 0 Å². The Labute approximate surface area is 102 Å². The lowest BCUT2D eigenvalue weighted by Crippen LogP contribution is -2.26. The summed E-state index contributed by atoms with van der Waals surface area (Å²) in [5.41, 5.74) is 11.2. The van der Waals surface area contributed by atoms with Crippen LogP contribution in [0.15, 0.2) is 33.7 Å². The average molecular weight is 286 g/mol. The van der Waals surface area contributed by atoms with Crippen molar-refractivity contribution in [3.8, 4) is 0 Å². The molecule has 4 N–H and O–H groups in total. The lowest BCUT2D eigenvalue weighted by Gasteiger charge is -2.12. The van der Waals surface area contributed by atoms with Crippen LogP contribution in [-0.4, -0.2) is 19.0 Å². The zero-order valence-electron chi connectivity index (χ0n) is 8.68. The molecular formula is C10H12BrN3O2. The molecule has 0 fully saturated rings. The van der Waals surface area contributed by atoms with E-state index in [1.165, 1.54) is 7.11 Å². The van der Waals surface area contributed by atoms with E-state index in [9.17, 15) is 4.79 Å². The largest absolute Gasteiger partial charge is 0.467 e. The maximum atomic E-state index is 11.5. The van der Waals surface area contributed by atoms with Crippen molar-refractivity contribution in [2.45, 2.75) is 6.04 Å². The lowest BCUT2D eigenvalue weighted by molar-refractivity contribution is -0.142. The molecule has 0 heterocycles. The van der Waals surface area contributed by atoms with Gasteiger partial charge in [0.15, 0.2) is 12.0 Å². The van der Waals surface area contributed by atoms with Gasteiger partial charge in [0.25, 0.3) is 0 Å². The third kappa shape index (κ3) is 2.96. The summed E-state index contributed by atoms with van der Waals surface area (Å²) >= 11 is 3.33. The fraction of sp³-hybridized carbons (Fsp3) is 0.200. The van der Waals surface area contributed by atoms with Crippen molar-refractivity contribution in [3.63, 3.8) is 0 Å². The average Bonchev–Trinajstić information content (AvgIpc) is 2.26. The van der Waals surface area contributed by atoms with Crippen molar-refractivity contribution in [1.82, 2.24) is 0 Å². The van der Waals surface area contributed by atoms with Crippen LogP contribution in [0.3, 0.4) is 0 Å². The van der Waals surface area contributed by atoms with Crippen LogP contribution < -0.4 is 11.5 Å². The Morgan fingerprint density at radius 3 is 2.56 bits per heavy atom. The molecule has 86 valence electrons. The van der Waals surface area contributed by atoms with E-state index in [2.05, 4.69) is 25.7 Å². The third-order valence-corrected chi connectivity index (χ3v) is 2.62. The second kappa shape index (κ2) is 5.50. The Balaban J connectivity index is 3.16. The summed E-state index contributed by atoms with van der Waals surface area (Å²) in [5.74, 6) is -0.675. The number of carbonyl (C=O) groups excluding carboxylic acids is 1. The summed E-state index contributed by atoms with van der Waals surface area (Å²) in [6, 6.07) is 6.33. The van der Waals surface area contributed by atoms with Crippen LogP contribution in [0.1, 0.15) is 11.6 Å². The van der Waals surface area contributed by atoms with Gasteiger partial charge in [0.1, 0.15) is 0 Å². The zero-order chi connectivity index (χ0) is 12.1. The predicted octanol–water partition coefficient (Wildman–Crippen LogP) is 0.937. The Morgan fingerprint density at radius 2 is 2.06 bits per heavy atom. The summed E-state index contributed by atoms with van der Waals surface area (Å²) in [6.07, 6.45) is 0. The van der Waals surface area contributed by atoms with Crippen molar-refractivity contribution >= 4 is 27.9 Å². The number of hydrogen-bond acceptors (Lipinski definition) is 3. The van der Waals surface area contributed by atoms with E-state index in [1.807, 2.05) is 6.07 Å². The van der Waals surface area contributed by atoms with E-state index in [4.69, 9.17) is 11.5 Å². The molecule has 16 heavy (non-hydrogen) atoms. The molecule has 0 amide bonds. The minimum atomic E-state index is -0.842. The summed E-state index contributed by atoms with van der Waals surface area (Å²) in [4.78, 5) is 15.4. The first-order chi connectivity index (χ1) is 7.56. The van der Waals surface area contributed by atoms with Crippen LogP contribution in [0, 0.1) is 0 Å². The van der Waals surface area contributed by atoms with Crippen molar-refractivity contribution < 1.29 is 9.53 Å². The molecular weight excluding hydrogens is 274 g/mol. The number of benzene rings is 1. The second-order valence-corrected chi connectivity index (χ2v) is 3.86. The van der Waals surface area contributed by atoms with E-state index in [-0.39, 0.29) is 5.96 Å². The van der Waals surface area contributed by atoms with Gasteiger partial charge < -0.3 is 16.2 Å². The molecule has 0 saturated heterocycles. The fourth-order valence-electron chi connectivity index (χ4n) is 1.21. The number of halogens is 1. The minimum Gasteiger partial charge on any atom is -0.467 e. The molecule has 1 aromatic carbocycles. The zero-order valence-corrected chi connectivity index (χ0v) is 10.3. The highest BCUT2D eigenvalue weighted by atomic mass is 79.9. The van der Waals surface area contributed by atoms with Gasteiger partial charge in [-0.05, 0) is 6.07 Å². The number of methoxy groups -OCH3 is 1. The Morgan fingerprint density at radius 1 is 1.44 bits per heavy atom. The maximum Gasteiger partial charge on any atom is 0.335 e. The topological polar surface area (TPSA) is 90.7 Å². The molecule has 0 aliphatic heterocycles. The van der Waals surface area contributed by atoms with E-state index in [1.54, 1.807) is 18.2 Å². The van der Waals surface area contributed by atoms with Crippen LogP contribution >= 0.6 is 15.9 Å². The van der Waals surface area contributed by atoms with Crippen LogP contribution in [0.2, 0.25) is 0 Å². The van der Waals surface area contributed by atoms with Crippen molar-refractivity contribution in [1.29, 1.82) is 0 Å². The summed E-state index contributed by atoms with van der Waals surface area (Å²) in [7, 11) is 1.29. The first kappa shape index (κ1) is 12.5. The summed E-state index contributed by atoms with van der Waals surface area (Å²) in [6.45, 7) is 0. The van der Waals surface area contributed by atoms with E-state index >= 15 is 0 Å². The van der Waals surface area contributed by atoms with Gasteiger partial charge in [-0.3, -0.25) is 0 Å². The van der Waals surface area contributed by atoms with Gasteiger partial charge >= 0.3 is 5.97 Å². The Hall–Kier alpha value is -1.56. The molecule has 0 aliphatic rings. The van der Waals surface area contributed by atoms with E-state index in [0.29, 0.717) is 5.56 Å².